The Morgan fingerprint density at radius 2 is 1.95 bits per heavy atom. The van der Waals surface area contributed by atoms with Crippen molar-refractivity contribution in [2.45, 2.75) is 26.7 Å². The molecule has 0 atom stereocenters. The topological polar surface area (TPSA) is 74.1 Å². The number of ether oxygens (including phenoxy) is 2. The summed E-state index contributed by atoms with van der Waals surface area (Å²) in [6.45, 7) is 5.65. The van der Waals surface area contributed by atoms with Gasteiger partial charge in [0.2, 0.25) is 0 Å². The van der Waals surface area contributed by atoms with Gasteiger partial charge in [0, 0.05) is 20.3 Å². The van der Waals surface area contributed by atoms with E-state index in [-0.39, 0.29) is 6.29 Å². The van der Waals surface area contributed by atoms with Crippen LogP contribution in [-0.4, -0.2) is 46.1 Å². The maximum atomic E-state index is 5.53. The first-order valence-corrected chi connectivity index (χ1v) is 6.36. The summed E-state index contributed by atoms with van der Waals surface area (Å²) in [5.41, 5.74) is 1.51. The predicted molar refractivity (Wildman–Crippen MR) is 71.9 cm³/mol. The van der Waals surface area contributed by atoms with Gasteiger partial charge < -0.3 is 19.4 Å². The van der Waals surface area contributed by atoms with Crippen LogP contribution < -0.4 is 5.32 Å². The van der Waals surface area contributed by atoms with Crippen LogP contribution in [0.5, 0.6) is 0 Å². The maximum Gasteiger partial charge on any atom is 0.175 e. The van der Waals surface area contributed by atoms with Crippen LogP contribution in [-0.2, 0) is 16.0 Å². The molecule has 0 amide bonds. The number of nitrogens with zero attached hydrogens (tertiary/aromatic N) is 4. The summed E-state index contributed by atoms with van der Waals surface area (Å²) in [7, 11) is 1.81. The minimum atomic E-state index is -0.291. The van der Waals surface area contributed by atoms with E-state index in [1.807, 2.05) is 25.5 Å². The van der Waals surface area contributed by atoms with E-state index < -0.39 is 0 Å². The summed E-state index contributed by atoms with van der Waals surface area (Å²) >= 11 is 0. The molecule has 2 aromatic rings. The molecule has 1 N–H and O–H groups in total. The van der Waals surface area contributed by atoms with E-state index >= 15 is 0 Å². The molecule has 7 heteroatoms. The first kappa shape index (κ1) is 13.7. The highest BCUT2D eigenvalue weighted by atomic mass is 16.7. The Hall–Kier alpha value is -1.73. The summed E-state index contributed by atoms with van der Waals surface area (Å²) in [5.74, 6) is 0.716. The minimum Gasteiger partial charge on any atom is -0.371 e. The number of hydrogen-bond acceptors (Lipinski definition) is 6. The van der Waals surface area contributed by atoms with Crippen molar-refractivity contribution < 1.29 is 9.47 Å². The number of rotatable bonds is 7. The number of aromatic nitrogens is 4. The van der Waals surface area contributed by atoms with Gasteiger partial charge in [-0.25, -0.2) is 15.0 Å². The van der Waals surface area contributed by atoms with Crippen LogP contribution in [0.1, 0.15) is 13.8 Å². The third-order valence-electron chi connectivity index (χ3n) is 2.69. The van der Waals surface area contributed by atoms with Crippen molar-refractivity contribution in [2.75, 3.05) is 25.6 Å². The second kappa shape index (κ2) is 6.44. The average molecular weight is 265 g/mol. The molecule has 0 aliphatic heterocycles. The molecule has 0 aliphatic rings. The Bertz CT molecular complexity index is 522. The van der Waals surface area contributed by atoms with Crippen LogP contribution in [0.2, 0.25) is 0 Å². The number of fused-ring (bicyclic) bond motifs is 1. The summed E-state index contributed by atoms with van der Waals surface area (Å²) in [5, 5.41) is 3.00. The van der Waals surface area contributed by atoms with Gasteiger partial charge in [0.05, 0.1) is 12.9 Å². The summed E-state index contributed by atoms with van der Waals surface area (Å²) in [4.78, 5) is 12.7. The quantitative estimate of drug-likeness (QED) is 0.760. The van der Waals surface area contributed by atoms with E-state index in [2.05, 4.69) is 20.3 Å². The maximum absolute atomic E-state index is 5.53. The molecular weight excluding hydrogens is 246 g/mol. The molecule has 0 saturated heterocycles. The lowest BCUT2D eigenvalue weighted by Crippen LogP contribution is -2.23. The summed E-state index contributed by atoms with van der Waals surface area (Å²) in [6.07, 6.45) is 2.95. The van der Waals surface area contributed by atoms with Gasteiger partial charge in [-0.05, 0) is 13.8 Å². The summed E-state index contributed by atoms with van der Waals surface area (Å²) < 4.78 is 13.0. The van der Waals surface area contributed by atoms with Gasteiger partial charge in [0.1, 0.15) is 11.8 Å². The van der Waals surface area contributed by atoms with Gasteiger partial charge in [-0.2, -0.15) is 0 Å². The van der Waals surface area contributed by atoms with E-state index in [0.29, 0.717) is 25.6 Å². The first-order valence-electron chi connectivity index (χ1n) is 6.36. The van der Waals surface area contributed by atoms with Gasteiger partial charge >= 0.3 is 0 Å². The Labute approximate surface area is 112 Å². The van der Waals surface area contributed by atoms with Crippen LogP contribution in [0, 0.1) is 0 Å². The average Bonchev–Trinajstić information content (AvgIpc) is 2.82. The second-order valence-electron chi connectivity index (χ2n) is 3.88. The molecule has 2 aromatic heterocycles. The molecule has 0 fully saturated rings. The Morgan fingerprint density at radius 1 is 1.21 bits per heavy atom. The fraction of sp³-hybridized carbons (Fsp3) is 0.583. The predicted octanol–water partition coefficient (Wildman–Crippen LogP) is 1.27. The summed E-state index contributed by atoms with van der Waals surface area (Å²) in [6, 6.07) is 0. The third-order valence-corrected chi connectivity index (χ3v) is 2.69. The SMILES string of the molecule is CCOC(Cn1cnc2c(NC)ncnc21)OCC. The first-order chi connectivity index (χ1) is 9.30. The molecule has 104 valence electrons. The fourth-order valence-electron chi connectivity index (χ4n) is 1.88. The number of imidazole rings is 1. The van der Waals surface area contributed by atoms with Crippen molar-refractivity contribution in [1.29, 1.82) is 0 Å². The monoisotopic (exact) mass is 265 g/mol. The van der Waals surface area contributed by atoms with Gasteiger partial charge in [-0.3, -0.25) is 0 Å². The van der Waals surface area contributed by atoms with E-state index in [4.69, 9.17) is 9.47 Å². The van der Waals surface area contributed by atoms with Crippen molar-refractivity contribution in [1.82, 2.24) is 19.5 Å². The molecular formula is C12H19N5O2. The molecule has 7 nitrogen and oxygen atoms in total. The molecule has 19 heavy (non-hydrogen) atoms. The van der Waals surface area contributed by atoms with Crippen LogP contribution in [0.4, 0.5) is 5.82 Å². The lowest BCUT2D eigenvalue weighted by molar-refractivity contribution is -0.143. The zero-order valence-corrected chi connectivity index (χ0v) is 11.5. The fourth-order valence-corrected chi connectivity index (χ4v) is 1.88. The minimum absolute atomic E-state index is 0.291. The van der Waals surface area contributed by atoms with E-state index in [0.717, 1.165) is 11.2 Å². The Morgan fingerprint density at radius 3 is 2.58 bits per heavy atom. The molecule has 2 heterocycles. The highest BCUT2D eigenvalue weighted by molar-refractivity contribution is 5.82. The zero-order valence-electron chi connectivity index (χ0n) is 11.5. The van der Waals surface area contributed by atoms with Crippen LogP contribution in [0.3, 0.4) is 0 Å². The standard InChI is InChI=1S/C12H19N5O2/c1-4-18-9(19-5-2)6-17-8-16-10-11(13-3)14-7-15-12(10)17/h7-9H,4-6H2,1-3H3,(H,13,14,15). The van der Waals surface area contributed by atoms with Crippen LogP contribution >= 0.6 is 0 Å². The van der Waals surface area contributed by atoms with Gasteiger partial charge in [0.15, 0.2) is 17.8 Å². The normalized spacial score (nSPS) is 11.4. The molecule has 0 unspecified atom stereocenters. The Balaban J connectivity index is 2.25. The molecule has 0 saturated carbocycles. The second-order valence-corrected chi connectivity index (χ2v) is 3.88. The molecule has 0 bridgehead atoms. The van der Waals surface area contributed by atoms with E-state index in [1.54, 1.807) is 6.33 Å². The lowest BCUT2D eigenvalue weighted by atomic mass is 10.5. The largest absolute Gasteiger partial charge is 0.371 e. The number of hydrogen-bond donors (Lipinski definition) is 1. The van der Waals surface area contributed by atoms with Crippen LogP contribution in [0.25, 0.3) is 11.2 Å². The van der Waals surface area contributed by atoms with Crippen molar-refractivity contribution >= 4 is 17.0 Å². The number of anilines is 1. The Kier molecular flexibility index (Phi) is 4.64. The van der Waals surface area contributed by atoms with E-state index in [9.17, 15) is 0 Å². The molecule has 0 aliphatic carbocycles. The lowest BCUT2D eigenvalue weighted by Gasteiger charge is -2.17. The van der Waals surface area contributed by atoms with Gasteiger partial charge in [-0.1, -0.05) is 0 Å². The van der Waals surface area contributed by atoms with Gasteiger partial charge in [-0.15, -0.1) is 0 Å². The molecule has 0 radical (unpaired) electrons. The number of nitrogens with one attached hydrogen (secondary N) is 1. The van der Waals surface area contributed by atoms with Crippen molar-refractivity contribution in [3.63, 3.8) is 0 Å². The smallest absolute Gasteiger partial charge is 0.175 e. The van der Waals surface area contributed by atoms with Gasteiger partial charge in [0.25, 0.3) is 0 Å². The third kappa shape index (κ3) is 2.99. The van der Waals surface area contributed by atoms with Crippen molar-refractivity contribution in [3.05, 3.63) is 12.7 Å². The molecule has 0 spiro atoms. The highest BCUT2D eigenvalue weighted by Crippen LogP contribution is 2.17. The zero-order chi connectivity index (χ0) is 13.7. The van der Waals surface area contributed by atoms with Crippen LogP contribution in [0.15, 0.2) is 12.7 Å². The van der Waals surface area contributed by atoms with Crippen molar-refractivity contribution in [2.24, 2.45) is 0 Å². The molecule has 2 rings (SSSR count). The molecule has 0 aromatic carbocycles. The van der Waals surface area contributed by atoms with Crippen molar-refractivity contribution in [3.8, 4) is 0 Å². The highest BCUT2D eigenvalue weighted by Gasteiger charge is 2.14. The van der Waals surface area contributed by atoms with E-state index in [1.165, 1.54) is 6.33 Å².